The molecule has 0 spiro atoms. The van der Waals surface area contributed by atoms with Crippen molar-refractivity contribution in [2.45, 2.75) is 45.0 Å². The lowest BCUT2D eigenvalue weighted by atomic mass is 10.0. The quantitative estimate of drug-likeness (QED) is 0.891. The molecule has 0 saturated heterocycles. The summed E-state index contributed by atoms with van der Waals surface area (Å²) >= 11 is 0. The van der Waals surface area contributed by atoms with E-state index in [2.05, 4.69) is 12.1 Å². The first kappa shape index (κ1) is 16.0. The largest absolute Gasteiger partial charge is 0.346 e. The van der Waals surface area contributed by atoms with Gasteiger partial charge >= 0.3 is 0 Å². The lowest BCUT2D eigenvalue weighted by molar-refractivity contribution is 0.581. The number of benzene rings is 1. The van der Waals surface area contributed by atoms with Gasteiger partial charge in [0.2, 0.25) is 0 Å². The van der Waals surface area contributed by atoms with Crippen molar-refractivity contribution >= 4 is 20.7 Å². The molecule has 5 heteroatoms. The highest BCUT2D eigenvalue weighted by molar-refractivity contribution is 7.91. The van der Waals surface area contributed by atoms with Gasteiger partial charge in [0, 0.05) is 29.7 Å². The van der Waals surface area contributed by atoms with Gasteiger partial charge in [-0.15, -0.1) is 0 Å². The highest BCUT2D eigenvalue weighted by atomic mass is 32.2. The van der Waals surface area contributed by atoms with E-state index in [1.807, 2.05) is 29.8 Å². The number of fused-ring (bicyclic) bond motifs is 1. The number of aryl methyl sites for hydroxylation is 1. The summed E-state index contributed by atoms with van der Waals surface area (Å²) < 4.78 is 25.9. The number of rotatable bonds is 6. The van der Waals surface area contributed by atoms with Crippen molar-refractivity contribution in [1.29, 1.82) is 0 Å². The molecule has 0 fully saturated rings. The number of aromatic nitrogens is 1. The first-order chi connectivity index (χ1) is 9.81. The Labute approximate surface area is 126 Å². The van der Waals surface area contributed by atoms with Gasteiger partial charge in [-0.3, -0.25) is 0 Å². The maximum atomic E-state index is 11.9. The summed E-state index contributed by atoms with van der Waals surface area (Å²) in [5, 5.41) is 0.838. The second-order valence-corrected chi connectivity index (χ2v) is 8.63. The summed E-state index contributed by atoms with van der Waals surface area (Å²) in [6.45, 7) is 5.93. The van der Waals surface area contributed by atoms with Crippen molar-refractivity contribution < 1.29 is 8.42 Å². The predicted molar refractivity (Wildman–Crippen MR) is 88.2 cm³/mol. The standard InChI is InChI=1S/C16H24N2O2S/c1-12(2)21(19,20)10-9-18-8-7-15-14(11-13(3)17)5-4-6-16(15)18/h4-8,12-13H,9-11,17H2,1-3H3. The van der Waals surface area contributed by atoms with Crippen molar-refractivity contribution in [2.75, 3.05) is 5.75 Å². The average molecular weight is 308 g/mol. The van der Waals surface area contributed by atoms with Crippen LogP contribution in [0.1, 0.15) is 26.3 Å². The Morgan fingerprint density at radius 1 is 1.19 bits per heavy atom. The van der Waals surface area contributed by atoms with Crippen LogP contribution in [0.3, 0.4) is 0 Å². The summed E-state index contributed by atoms with van der Waals surface area (Å²) in [5.74, 6) is 0.173. The molecule has 21 heavy (non-hydrogen) atoms. The van der Waals surface area contributed by atoms with Crippen molar-refractivity contribution in [1.82, 2.24) is 4.57 Å². The van der Waals surface area contributed by atoms with Crippen molar-refractivity contribution in [3.05, 3.63) is 36.0 Å². The summed E-state index contributed by atoms with van der Waals surface area (Å²) in [7, 11) is -3.01. The van der Waals surface area contributed by atoms with E-state index in [0.717, 1.165) is 17.3 Å². The summed E-state index contributed by atoms with van der Waals surface area (Å²) in [6.07, 6.45) is 2.79. The predicted octanol–water partition coefficient (Wildman–Crippen LogP) is 2.35. The Balaban J connectivity index is 2.27. The Bertz CT molecular complexity index is 715. The first-order valence-electron chi connectivity index (χ1n) is 7.35. The molecule has 2 N–H and O–H groups in total. The lowest BCUT2D eigenvalue weighted by Crippen LogP contribution is -2.21. The van der Waals surface area contributed by atoms with Crippen molar-refractivity contribution in [2.24, 2.45) is 5.73 Å². The van der Waals surface area contributed by atoms with Crippen molar-refractivity contribution in [3.63, 3.8) is 0 Å². The minimum Gasteiger partial charge on any atom is -0.346 e. The van der Waals surface area contributed by atoms with Crippen LogP contribution in [0.5, 0.6) is 0 Å². The van der Waals surface area contributed by atoms with Crippen LogP contribution < -0.4 is 5.73 Å². The Kier molecular flexibility index (Phi) is 4.74. The van der Waals surface area contributed by atoms with E-state index >= 15 is 0 Å². The molecule has 1 atom stereocenters. The van der Waals surface area contributed by atoms with Gasteiger partial charge in [-0.05, 0) is 44.9 Å². The maximum Gasteiger partial charge on any atom is 0.154 e. The van der Waals surface area contributed by atoms with E-state index < -0.39 is 9.84 Å². The van der Waals surface area contributed by atoms with Crippen LogP contribution in [0.25, 0.3) is 10.9 Å². The van der Waals surface area contributed by atoms with Crippen LogP contribution in [0.4, 0.5) is 0 Å². The molecule has 1 aromatic heterocycles. The lowest BCUT2D eigenvalue weighted by Gasteiger charge is -2.10. The smallest absolute Gasteiger partial charge is 0.154 e. The summed E-state index contributed by atoms with van der Waals surface area (Å²) in [4.78, 5) is 0. The summed E-state index contributed by atoms with van der Waals surface area (Å²) in [6, 6.07) is 8.28. The topological polar surface area (TPSA) is 65.1 Å². The molecule has 0 radical (unpaired) electrons. The molecular weight excluding hydrogens is 284 g/mol. The second-order valence-electron chi connectivity index (χ2n) is 5.96. The molecule has 2 aromatic rings. The molecule has 0 bridgehead atoms. The number of hydrogen-bond donors (Lipinski definition) is 1. The third kappa shape index (κ3) is 3.66. The van der Waals surface area contributed by atoms with E-state index in [4.69, 9.17) is 5.73 Å². The van der Waals surface area contributed by atoms with E-state index in [1.54, 1.807) is 13.8 Å². The van der Waals surface area contributed by atoms with Crippen LogP contribution >= 0.6 is 0 Å². The average Bonchev–Trinajstić information content (AvgIpc) is 2.80. The van der Waals surface area contributed by atoms with Gasteiger partial charge in [-0.25, -0.2) is 8.42 Å². The maximum absolute atomic E-state index is 11.9. The molecule has 0 saturated carbocycles. The SMILES string of the molecule is CC(N)Cc1cccc2c1ccn2CCS(=O)(=O)C(C)C. The van der Waals surface area contributed by atoms with Crippen LogP contribution in [0.15, 0.2) is 30.5 Å². The van der Waals surface area contributed by atoms with Crippen LogP contribution in [-0.2, 0) is 22.8 Å². The fraction of sp³-hybridized carbons (Fsp3) is 0.500. The molecule has 1 heterocycles. The Hall–Kier alpha value is -1.33. The Morgan fingerprint density at radius 2 is 1.90 bits per heavy atom. The third-order valence-electron chi connectivity index (χ3n) is 3.78. The van der Waals surface area contributed by atoms with E-state index in [1.165, 1.54) is 5.56 Å². The highest BCUT2D eigenvalue weighted by Crippen LogP contribution is 2.21. The second kappa shape index (κ2) is 6.20. The molecule has 4 nitrogen and oxygen atoms in total. The molecule has 0 aliphatic rings. The first-order valence-corrected chi connectivity index (χ1v) is 9.06. The molecule has 2 rings (SSSR count). The van der Waals surface area contributed by atoms with Crippen molar-refractivity contribution in [3.8, 4) is 0 Å². The molecule has 0 aliphatic carbocycles. The number of nitrogens with zero attached hydrogens (tertiary/aromatic N) is 1. The molecular formula is C16H24N2O2S. The highest BCUT2D eigenvalue weighted by Gasteiger charge is 2.16. The fourth-order valence-corrected chi connectivity index (χ4v) is 3.39. The van der Waals surface area contributed by atoms with Gasteiger partial charge in [0.05, 0.1) is 11.0 Å². The van der Waals surface area contributed by atoms with Gasteiger partial charge in [0.25, 0.3) is 0 Å². The van der Waals surface area contributed by atoms with Gasteiger partial charge in [-0.1, -0.05) is 12.1 Å². The van der Waals surface area contributed by atoms with E-state index in [-0.39, 0.29) is 17.0 Å². The fourth-order valence-electron chi connectivity index (χ4n) is 2.47. The zero-order chi connectivity index (χ0) is 15.6. The molecule has 116 valence electrons. The zero-order valence-corrected chi connectivity index (χ0v) is 13.7. The van der Waals surface area contributed by atoms with E-state index in [0.29, 0.717) is 6.54 Å². The summed E-state index contributed by atoms with van der Waals surface area (Å²) in [5.41, 5.74) is 8.18. The minimum atomic E-state index is -3.01. The van der Waals surface area contributed by atoms with Gasteiger partial charge in [0.1, 0.15) is 0 Å². The van der Waals surface area contributed by atoms with E-state index in [9.17, 15) is 8.42 Å². The molecule has 1 aromatic carbocycles. The van der Waals surface area contributed by atoms with Gasteiger partial charge in [0.15, 0.2) is 9.84 Å². The molecule has 1 unspecified atom stereocenters. The van der Waals surface area contributed by atoms with Gasteiger partial charge in [-0.2, -0.15) is 0 Å². The molecule has 0 amide bonds. The number of sulfone groups is 1. The van der Waals surface area contributed by atoms with Gasteiger partial charge < -0.3 is 10.3 Å². The normalized spacial score (nSPS) is 14.0. The number of hydrogen-bond acceptors (Lipinski definition) is 3. The minimum absolute atomic E-state index is 0.111. The van der Waals surface area contributed by atoms with Crippen LogP contribution in [0.2, 0.25) is 0 Å². The number of nitrogens with two attached hydrogens (primary N) is 1. The molecule has 0 aliphatic heterocycles. The van der Waals surface area contributed by atoms with Crippen LogP contribution in [0, 0.1) is 0 Å². The zero-order valence-electron chi connectivity index (χ0n) is 12.9. The Morgan fingerprint density at radius 3 is 2.52 bits per heavy atom. The third-order valence-corrected chi connectivity index (χ3v) is 5.97. The monoisotopic (exact) mass is 308 g/mol. The van der Waals surface area contributed by atoms with Crippen LogP contribution in [-0.4, -0.2) is 30.0 Å².